The van der Waals surface area contributed by atoms with Crippen molar-refractivity contribution in [2.24, 2.45) is 0 Å². The highest BCUT2D eigenvalue weighted by molar-refractivity contribution is 9.10. The molecule has 0 spiro atoms. The van der Waals surface area contributed by atoms with Gasteiger partial charge in [-0.05, 0) is 57.7 Å². The van der Waals surface area contributed by atoms with Crippen LogP contribution in [0.1, 0.15) is 11.3 Å². The highest BCUT2D eigenvalue weighted by Gasteiger charge is 2.17. The fourth-order valence-corrected chi connectivity index (χ4v) is 4.44. The number of nitrogens with one attached hydrogen (secondary N) is 1. The molecule has 0 bridgehead atoms. The molecule has 0 aliphatic carbocycles. The molecule has 0 atom stereocenters. The van der Waals surface area contributed by atoms with Crippen molar-refractivity contribution in [1.29, 1.82) is 0 Å². The quantitative estimate of drug-likeness (QED) is 0.302. The van der Waals surface area contributed by atoms with Crippen molar-refractivity contribution in [3.63, 3.8) is 0 Å². The van der Waals surface area contributed by atoms with Crippen LogP contribution in [0.4, 0.5) is 5.82 Å². The Bertz CT molecular complexity index is 1480. The molecule has 0 aliphatic heterocycles. The minimum absolute atomic E-state index is 0.0199. The Morgan fingerprint density at radius 1 is 1.06 bits per heavy atom. The van der Waals surface area contributed by atoms with Crippen LogP contribution in [-0.2, 0) is 17.9 Å². The number of hydrogen-bond acceptors (Lipinski definition) is 4. The molecule has 2 aromatic carbocycles. The summed E-state index contributed by atoms with van der Waals surface area (Å²) in [6, 6.07) is 19.6. The molecule has 170 valence electrons. The number of anilines is 1. The molecule has 5 aromatic rings. The number of amides is 1. The first-order valence-corrected chi connectivity index (χ1v) is 11.8. The summed E-state index contributed by atoms with van der Waals surface area (Å²) in [6.45, 7) is 2.51. The van der Waals surface area contributed by atoms with E-state index in [0.29, 0.717) is 27.5 Å². The van der Waals surface area contributed by atoms with Crippen molar-refractivity contribution < 1.29 is 4.79 Å². The molecular weight excluding hydrogens is 516 g/mol. The van der Waals surface area contributed by atoms with E-state index in [1.807, 2.05) is 61.7 Å². The number of nitrogens with zero attached hydrogens (tertiary/aromatic N) is 5. The van der Waals surface area contributed by atoms with E-state index in [0.717, 1.165) is 27.8 Å². The fraction of sp³-hybridized carbons (Fsp3) is 0.120. The molecular formula is C25H20BrClN6O. The van der Waals surface area contributed by atoms with Gasteiger partial charge in [-0.25, -0.2) is 9.67 Å². The molecule has 0 aliphatic rings. The number of carbonyl (C=O) groups excluding carboxylic acids is 1. The first-order valence-electron chi connectivity index (χ1n) is 10.6. The fourth-order valence-electron chi connectivity index (χ4n) is 3.90. The maximum absolute atomic E-state index is 12.9. The standard InChI is InChI=1S/C25H20BrClN6O/c1-16-23-20(18-5-3-2-4-6-18)11-12-28-25(23)33(30-16)15-22(34)29-24-21(26)14-32(31-24)13-17-7-9-19(27)10-8-17/h2-12,14H,13,15H2,1H3,(H,29,31,34). The zero-order chi connectivity index (χ0) is 23.7. The van der Waals surface area contributed by atoms with Gasteiger partial charge in [-0.3, -0.25) is 9.48 Å². The number of pyridine rings is 1. The van der Waals surface area contributed by atoms with Crippen LogP contribution >= 0.6 is 27.5 Å². The van der Waals surface area contributed by atoms with E-state index in [9.17, 15) is 4.79 Å². The highest BCUT2D eigenvalue weighted by atomic mass is 79.9. The Labute approximate surface area is 209 Å². The molecule has 7 nitrogen and oxygen atoms in total. The second kappa shape index (κ2) is 9.40. The van der Waals surface area contributed by atoms with E-state index >= 15 is 0 Å². The number of fused-ring (bicyclic) bond motifs is 1. The third-order valence-electron chi connectivity index (χ3n) is 5.42. The normalized spacial score (nSPS) is 11.1. The largest absolute Gasteiger partial charge is 0.307 e. The summed E-state index contributed by atoms with van der Waals surface area (Å²) in [5, 5.41) is 13.6. The molecule has 0 fully saturated rings. The maximum Gasteiger partial charge on any atom is 0.247 e. The van der Waals surface area contributed by atoms with Crippen LogP contribution in [0.15, 0.2) is 77.5 Å². The first kappa shape index (κ1) is 22.3. The molecule has 0 saturated heterocycles. The van der Waals surface area contributed by atoms with Gasteiger partial charge in [0, 0.05) is 22.8 Å². The van der Waals surface area contributed by atoms with Gasteiger partial charge < -0.3 is 5.32 Å². The van der Waals surface area contributed by atoms with Crippen LogP contribution < -0.4 is 5.32 Å². The van der Waals surface area contributed by atoms with E-state index in [2.05, 4.69) is 48.6 Å². The first-order chi connectivity index (χ1) is 16.5. The average Bonchev–Trinajstić information content (AvgIpc) is 3.34. The minimum atomic E-state index is -0.242. The summed E-state index contributed by atoms with van der Waals surface area (Å²) in [4.78, 5) is 17.4. The number of benzene rings is 2. The zero-order valence-electron chi connectivity index (χ0n) is 18.2. The Hall–Kier alpha value is -3.49. The lowest BCUT2D eigenvalue weighted by atomic mass is 10.0. The molecule has 3 heterocycles. The zero-order valence-corrected chi connectivity index (χ0v) is 20.6. The molecule has 0 unspecified atom stereocenters. The van der Waals surface area contributed by atoms with Crippen molar-refractivity contribution >= 4 is 50.3 Å². The van der Waals surface area contributed by atoms with E-state index in [1.54, 1.807) is 15.6 Å². The molecule has 9 heteroatoms. The number of carbonyl (C=O) groups is 1. The Morgan fingerprint density at radius 2 is 1.82 bits per heavy atom. The molecule has 1 amide bonds. The van der Waals surface area contributed by atoms with E-state index in [1.165, 1.54) is 0 Å². The smallest absolute Gasteiger partial charge is 0.247 e. The van der Waals surface area contributed by atoms with Crippen molar-refractivity contribution in [3.05, 3.63) is 93.8 Å². The topological polar surface area (TPSA) is 77.6 Å². The Kier molecular flexibility index (Phi) is 6.17. The number of halogens is 2. The van der Waals surface area contributed by atoms with E-state index in [-0.39, 0.29) is 12.5 Å². The van der Waals surface area contributed by atoms with Crippen molar-refractivity contribution in [2.75, 3.05) is 5.32 Å². The van der Waals surface area contributed by atoms with Crippen LogP contribution in [0.2, 0.25) is 5.02 Å². The maximum atomic E-state index is 12.9. The molecule has 3 aromatic heterocycles. The monoisotopic (exact) mass is 534 g/mol. The number of rotatable bonds is 6. The predicted octanol–water partition coefficient (Wildman–Crippen LogP) is 5.71. The summed E-state index contributed by atoms with van der Waals surface area (Å²) >= 11 is 9.44. The summed E-state index contributed by atoms with van der Waals surface area (Å²) in [6.07, 6.45) is 3.57. The predicted molar refractivity (Wildman–Crippen MR) is 137 cm³/mol. The minimum Gasteiger partial charge on any atom is -0.307 e. The number of aromatic nitrogens is 5. The van der Waals surface area contributed by atoms with Crippen LogP contribution in [0.5, 0.6) is 0 Å². The lowest BCUT2D eigenvalue weighted by molar-refractivity contribution is -0.116. The van der Waals surface area contributed by atoms with Crippen LogP contribution in [-0.4, -0.2) is 30.5 Å². The molecule has 5 rings (SSSR count). The Balaban J connectivity index is 1.35. The van der Waals surface area contributed by atoms with Gasteiger partial charge in [-0.2, -0.15) is 10.2 Å². The van der Waals surface area contributed by atoms with Gasteiger partial charge in [0.25, 0.3) is 0 Å². The summed E-state index contributed by atoms with van der Waals surface area (Å²) in [7, 11) is 0. The number of aryl methyl sites for hydroxylation is 1. The van der Waals surface area contributed by atoms with Crippen molar-refractivity contribution in [1.82, 2.24) is 24.5 Å². The highest BCUT2D eigenvalue weighted by Crippen LogP contribution is 2.29. The van der Waals surface area contributed by atoms with Crippen LogP contribution in [0.3, 0.4) is 0 Å². The second-order valence-electron chi connectivity index (χ2n) is 7.86. The molecule has 0 saturated carbocycles. The van der Waals surface area contributed by atoms with E-state index in [4.69, 9.17) is 11.6 Å². The molecule has 34 heavy (non-hydrogen) atoms. The van der Waals surface area contributed by atoms with Gasteiger partial charge in [0.1, 0.15) is 6.54 Å². The van der Waals surface area contributed by atoms with Crippen molar-refractivity contribution in [3.8, 4) is 11.1 Å². The lowest BCUT2D eigenvalue weighted by Crippen LogP contribution is -2.20. The van der Waals surface area contributed by atoms with Crippen LogP contribution in [0.25, 0.3) is 22.2 Å². The summed E-state index contributed by atoms with van der Waals surface area (Å²) in [5.41, 5.74) is 4.66. The van der Waals surface area contributed by atoms with Gasteiger partial charge in [0.2, 0.25) is 5.91 Å². The number of hydrogen-bond donors (Lipinski definition) is 1. The third kappa shape index (κ3) is 4.60. The van der Waals surface area contributed by atoms with Gasteiger partial charge in [0.15, 0.2) is 11.5 Å². The molecule has 0 radical (unpaired) electrons. The van der Waals surface area contributed by atoms with Crippen molar-refractivity contribution in [2.45, 2.75) is 20.0 Å². The van der Waals surface area contributed by atoms with Crippen LogP contribution in [0, 0.1) is 6.92 Å². The summed E-state index contributed by atoms with van der Waals surface area (Å²) < 4.78 is 4.08. The summed E-state index contributed by atoms with van der Waals surface area (Å²) in [5.74, 6) is 0.207. The average molecular weight is 536 g/mol. The van der Waals surface area contributed by atoms with Gasteiger partial charge >= 0.3 is 0 Å². The SMILES string of the molecule is Cc1nn(CC(=O)Nc2nn(Cc3ccc(Cl)cc3)cc2Br)c2nccc(-c3ccccc3)c12. The van der Waals surface area contributed by atoms with Gasteiger partial charge in [0.05, 0.1) is 16.7 Å². The Morgan fingerprint density at radius 3 is 2.59 bits per heavy atom. The van der Waals surface area contributed by atoms with Gasteiger partial charge in [-0.15, -0.1) is 0 Å². The lowest BCUT2D eigenvalue weighted by Gasteiger charge is -2.06. The third-order valence-corrected chi connectivity index (χ3v) is 6.25. The second-order valence-corrected chi connectivity index (χ2v) is 9.15. The molecule has 1 N–H and O–H groups in total. The van der Waals surface area contributed by atoms with Gasteiger partial charge in [-0.1, -0.05) is 54.1 Å². The van der Waals surface area contributed by atoms with E-state index < -0.39 is 0 Å².